The van der Waals surface area contributed by atoms with Gasteiger partial charge in [-0.3, -0.25) is 4.79 Å². The fraction of sp³-hybridized carbons (Fsp3) is 0.125. The molecule has 1 N–H and O–H groups in total. The second-order valence-corrected chi connectivity index (χ2v) is 6.89. The molecule has 0 bridgehead atoms. The Labute approximate surface area is 177 Å². The maximum absolute atomic E-state index is 13.5. The van der Waals surface area contributed by atoms with Crippen LogP contribution in [0.25, 0.3) is 33.5 Å². The first-order valence-corrected chi connectivity index (χ1v) is 9.66. The van der Waals surface area contributed by atoms with Crippen LogP contribution in [0.1, 0.15) is 10.4 Å². The van der Waals surface area contributed by atoms with Gasteiger partial charge in [-0.1, -0.05) is 0 Å². The molecule has 156 valence electrons. The van der Waals surface area contributed by atoms with Gasteiger partial charge in [0.05, 0.1) is 29.0 Å². The first-order chi connectivity index (χ1) is 15.0. The van der Waals surface area contributed by atoms with E-state index in [1.807, 2.05) is 0 Å². The van der Waals surface area contributed by atoms with Crippen LogP contribution in [0.2, 0.25) is 0 Å². The van der Waals surface area contributed by atoms with Crippen LogP contribution < -0.4 is 5.32 Å². The normalized spacial score (nSPS) is 10.9. The van der Waals surface area contributed by atoms with Gasteiger partial charge in [0.2, 0.25) is 0 Å². The van der Waals surface area contributed by atoms with Gasteiger partial charge in [-0.15, -0.1) is 0 Å². The zero-order valence-electron chi connectivity index (χ0n) is 16.7. The quantitative estimate of drug-likeness (QED) is 0.463. The van der Waals surface area contributed by atoms with E-state index in [9.17, 15) is 13.6 Å². The Kier molecular flexibility index (Phi) is 5.95. The number of halogens is 2. The van der Waals surface area contributed by atoms with Gasteiger partial charge in [0.15, 0.2) is 0 Å². The van der Waals surface area contributed by atoms with E-state index in [0.717, 1.165) is 0 Å². The summed E-state index contributed by atoms with van der Waals surface area (Å²) in [6.07, 6.45) is 0. The molecule has 4 rings (SSSR count). The van der Waals surface area contributed by atoms with Crippen molar-refractivity contribution in [1.29, 1.82) is 0 Å². The van der Waals surface area contributed by atoms with E-state index in [1.165, 1.54) is 24.3 Å². The molecule has 0 saturated heterocycles. The maximum Gasteiger partial charge on any atom is 0.251 e. The van der Waals surface area contributed by atoms with Gasteiger partial charge in [0.25, 0.3) is 5.91 Å². The minimum Gasteiger partial charge on any atom is -0.383 e. The molecule has 0 aliphatic heterocycles. The van der Waals surface area contributed by atoms with Crippen LogP contribution in [0.15, 0.2) is 66.7 Å². The minimum atomic E-state index is -0.365. The van der Waals surface area contributed by atoms with Crippen molar-refractivity contribution in [2.75, 3.05) is 20.3 Å². The molecule has 5 nitrogen and oxygen atoms in total. The zero-order chi connectivity index (χ0) is 21.8. The summed E-state index contributed by atoms with van der Waals surface area (Å²) in [6, 6.07) is 16.9. The molecule has 3 aromatic carbocycles. The molecule has 1 heterocycles. The Balaban J connectivity index is 1.83. The Bertz CT molecular complexity index is 1230. The van der Waals surface area contributed by atoms with Crippen LogP contribution in [0.5, 0.6) is 0 Å². The summed E-state index contributed by atoms with van der Waals surface area (Å²) in [4.78, 5) is 21.8. The number of aromatic nitrogens is 2. The third kappa shape index (κ3) is 4.57. The number of methoxy groups -OCH3 is 1. The second kappa shape index (κ2) is 8.97. The molecule has 7 heteroatoms. The van der Waals surface area contributed by atoms with Crippen LogP contribution in [0.3, 0.4) is 0 Å². The van der Waals surface area contributed by atoms with Crippen molar-refractivity contribution in [3.63, 3.8) is 0 Å². The standard InChI is InChI=1S/C24H19F2N3O2/c1-31-13-12-27-24(30)17-6-11-20-21(14-17)29-23(16-4-9-19(26)10-5-16)22(28-20)15-2-7-18(25)8-3-15/h2-11,14H,12-13H2,1H3,(H,27,30). The number of rotatable bonds is 6. The molecule has 0 spiro atoms. The summed E-state index contributed by atoms with van der Waals surface area (Å²) >= 11 is 0. The highest BCUT2D eigenvalue weighted by molar-refractivity contribution is 5.98. The van der Waals surface area contributed by atoms with E-state index in [0.29, 0.717) is 52.3 Å². The molecule has 31 heavy (non-hydrogen) atoms. The smallest absolute Gasteiger partial charge is 0.251 e. The van der Waals surface area contributed by atoms with Crippen molar-refractivity contribution >= 4 is 16.9 Å². The molecule has 4 aromatic rings. The van der Waals surface area contributed by atoms with Gasteiger partial charge in [-0.25, -0.2) is 18.7 Å². The van der Waals surface area contributed by atoms with Crippen LogP contribution in [0, 0.1) is 11.6 Å². The summed E-state index contributed by atoms with van der Waals surface area (Å²) in [5.74, 6) is -0.965. The molecule has 0 fully saturated rings. The van der Waals surface area contributed by atoms with Crippen molar-refractivity contribution in [2.24, 2.45) is 0 Å². The number of hydrogen-bond acceptors (Lipinski definition) is 4. The van der Waals surface area contributed by atoms with Crippen molar-refractivity contribution < 1.29 is 18.3 Å². The van der Waals surface area contributed by atoms with Crippen LogP contribution >= 0.6 is 0 Å². The average molecular weight is 419 g/mol. The molecule has 0 unspecified atom stereocenters. The predicted molar refractivity (Wildman–Crippen MR) is 115 cm³/mol. The average Bonchev–Trinajstić information content (AvgIpc) is 2.79. The molecule has 0 radical (unpaired) electrons. The van der Waals surface area contributed by atoms with Crippen LogP contribution in [-0.2, 0) is 4.74 Å². The highest BCUT2D eigenvalue weighted by Crippen LogP contribution is 2.31. The fourth-order valence-corrected chi connectivity index (χ4v) is 3.18. The van der Waals surface area contributed by atoms with Gasteiger partial charge in [-0.05, 0) is 66.7 Å². The highest BCUT2D eigenvalue weighted by atomic mass is 19.1. The number of nitrogens with one attached hydrogen (secondary N) is 1. The van der Waals surface area contributed by atoms with Crippen LogP contribution in [0.4, 0.5) is 8.78 Å². The Morgan fingerprint density at radius 2 is 1.39 bits per heavy atom. The molecular weight excluding hydrogens is 400 g/mol. The zero-order valence-corrected chi connectivity index (χ0v) is 16.7. The summed E-state index contributed by atoms with van der Waals surface area (Å²) in [5.41, 5.74) is 3.93. The van der Waals surface area contributed by atoms with Gasteiger partial charge in [0, 0.05) is 30.3 Å². The summed E-state index contributed by atoms with van der Waals surface area (Å²) < 4.78 is 31.8. The number of carbonyl (C=O) groups excluding carboxylic acids is 1. The first kappa shape index (κ1) is 20.6. The lowest BCUT2D eigenvalue weighted by molar-refractivity contribution is 0.0937. The Hall–Kier alpha value is -3.71. The lowest BCUT2D eigenvalue weighted by Gasteiger charge is -2.12. The van der Waals surface area contributed by atoms with E-state index in [2.05, 4.69) is 5.32 Å². The monoisotopic (exact) mass is 419 g/mol. The first-order valence-electron chi connectivity index (χ1n) is 9.66. The van der Waals surface area contributed by atoms with Crippen molar-refractivity contribution in [3.05, 3.63) is 83.9 Å². The second-order valence-electron chi connectivity index (χ2n) is 6.89. The summed E-state index contributed by atoms with van der Waals surface area (Å²) in [5, 5.41) is 2.77. The molecule has 1 amide bonds. The van der Waals surface area contributed by atoms with E-state index in [4.69, 9.17) is 14.7 Å². The third-order valence-corrected chi connectivity index (χ3v) is 4.75. The van der Waals surface area contributed by atoms with Crippen molar-refractivity contribution in [2.45, 2.75) is 0 Å². The van der Waals surface area contributed by atoms with Gasteiger partial charge >= 0.3 is 0 Å². The third-order valence-electron chi connectivity index (χ3n) is 4.75. The predicted octanol–water partition coefficient (Wildman–Crippen LogP) is 4.62. The van der Waals surface area contributed by atoms with Crippen molar-refractivity contribution in [1.82, 2.24) is 15.3 Å². The number of carbonyl (C=O) groups is 1. The number of hydrogen-bond donors (Lipinski definition) is 1. The highest BCUT2D eigenvalue weighted by Gasteiger charge is 2.15. The van der Waals surface area contributed by atoms with E-state index < -0.39 is 0 Å². The molecule has 0 atom stereocenters. The Morgan fingerprint density at radius 1 is 0.839 bits per heavy atom. The summed E-state index contributed by atoms with van der Waals surface area (Å²) in [7, 11) is 1.56. The number of ether oxygens (including phenoxy) is 1. The molecule has 0 aliphatic carbocycles. The number of nitrogens with zero attached hydrogens (tertiary/aromatic N) is 2. The molecule has 0 saturated carbocycles. The summed E-state index contributed by atoms with van der Waals surface area (Å²) in [6.45, 7) is 0.804. The lowest BCUT2D eigenvalue weighted by Crippen LogP contribution is -2.26. The number of benzene rings is 3. The molecular formula is C24H19F2N3O2. The fourth-order valence-electron chi connectivity index (χ4n) is 3.18. The van der Waals surface area contributed by atoms with Gasteiger partial charge < -0.3 is 10.1 Å². The Morgan fingerprint density at radius 3 is 1.94 bits per heavy atom. The van der Waals surface area contributed by atoms with E-state index in [-0.39, 0.29) is 17.5 Å². The maximum atomic E-state index is 13.5. The minimum absolute atomic E-state index is 0.244. The van der Waals surface area contributed by atoms with Gasteiger partial charge in [0.1, 0.15) is 11.6 Å². The number of fused-ring (bicyclic) bond motifs is 1. The molecule has 1 aromatic heterocycles. The lowest BCUT2D eigenvalue weighted by atomic mass is 10.0. The van der Waals surface area contributed by atoms with Crippen LogP contribution in [-0.4, -0.2) is 36.1 Å². The SMILES string of the molecule is COCCNC(=O)c1ccc2nc(-c3ccc(F)cc3)c(-c3ccc(F)cc3)nc2c1. The van der Waals surface area contributed by atoms with Crippen molar-refractivity contribution in [3.8, 4) is 22.5 Å². The molecule has 0 aliphatic rings. The topological polar surface area (TPSA) is 64.1 Å². The van der Waals surface area contributed by atoms with Gasteiger partial charge in [-0.2, -0.15) is 0 Å². The van der Waals surface area contributed by atoms with E-state index >= 15 is 0 Å². The van der Waals surface area contributed by atoms with E-state index in [1.54, 1.807) is 49.6 Å². The number of amides is 1. The largest absolute Gasteiger partial charge is 0.383 e.